The van der Waals surface area contributed by atoms with E-state index in [9.17, 15) is 13.2 Å². The van der Waals surface area contributed by atoms with Crippen molar-refractivity contribution in [1.82, 2.24) is 5.32 Å². The van der Waals surface area contributed by atoms with Crippen LogP contribution in [-0.4, -0.2) is 26.6 Å². The maximum absolute atomic E-state index is 13.1. The standard InChI is InChI=1S/C23H29ClN2O3S/c1-4-22(19-13-12-17-8-5-6-9-18(17)14-19)25-23(27)16(2)26(30(3,28)29)21-11-7-10-20(24)15-21/h7,10-16,22H,4-6,8-9H2,1-3H3,(H,25,27)/t16-,22+/m0/s1. The molecule has 0 saturated carbocycles. The second-order valence-corrected chi connectivity index (χ2v) is 10.2. The Morgan fingerprint density at radius 1 is 1.13 bits per heavy atom. The molecular weight excluding hydrogens is 420 g/mol. The van der Waals surface area contributed by atoms with E-state index in [2.05, 4.69) is 23.5 Å². The number of carbonyl (C=O) groups excluding carboxylic acids is 1. The largest absolute Gasteiger partial charge is 0.347 e. The number of carbonyl (C=O) groups is 1. The van der Waals surface area contributed by atoms with Crippen molar-refractivity contribution in [2.24, 2.45) is 0 Å². The molecule has 2 aromatic rings. The number of anilines is 1. The maximum atomic E-state index is 13.1. The predicted molar refractivity (Wildman–Crippen MR) is 122 cm³/mol. The van der Waals surface area contributed by atoms with E-state index in [1.54, 1.807) is 31.2 Å². The van der Waals surface area contributed by atoms with E-state index in [0.29, 0.717) is 17.1 Å². The predicted octanol–water partition coefficient (Wildman–Crippen LogP) is 4.64. The van der Waals surface area contributed by atoms with Gasteiger partial charge in [-0.3, -0.25) is 9.10 Å². The molecule has 2 atom stereocenters. The third-order valence-electron chi connectivity index (χ3n) is 5.65. The minimum Gasteiger partial charge on any atom is -0.347 e. The van der Waals surface area contributed by atoms with Crippen LogP contribution in [-0.2, 0) is 27.7 Å². The van der Waals surface area contributed by atoms with Crippen molar-refractivity contribution >= 4 is 33.2 Å². The monoisotopic (exact) mass is 448 g/mol. The number of aryl methyl sites for hydroxylation is 2. The molecule has 0 radical (unpaired) electrons. The smallest absolute Gasteiger partial charge is 0.244 e. The molecule has 3 rings (SSSR count). The van der Waals surface area contributed by atoms with Crippen LogP contribution in [0, 0.1) is 0 Å². The van der Waals surface area contributed by atoms with Gasteiger partial charge in [-0.2, -0.15) is 0 Å². The van der Waals surface area contributed by atoms with E-state index in [1.807, 2.05) is 6.92 Å². The lowest BCUT2D eigenvalue weighted by atomic mass is 9.88. The van der Waals surface area contributed by atoms with Crippen LogP contribution in [0.15, 0.2) is 42.5 Å². The first kappa shape index (κ1) is 22.6. The number of hydrogen-bond donors (Lipinski definition) is 1. The third kappa shape index (κ3) is 5.16. The quantitative estimate of drug-likeness (QED) is 0.670. The molecular formula is C23H29ClN2O3S. The van der Waals surface area contributed by atoms with Crippen molar-refractivity contribution in [3.63, 3.8) is 0 Å². The van der Waals surface area contributed by atoms with Crippen molar-refractivity contribution in [3.05, 3.63) is 64.2 Å². The lowest BCUT2D eigenvalue weighted by Crippen LogP contribution is -2.48. The summed E-state index contributed by atoms with van der Waals surface area (Å²) in [5.41, 5.74) is 4.18. The molecule has 0 unspecified atom stereocenters. The number of fused-ring (bicyclic) bond motifs is 1. The Balaban J connectivity index is 1.83. The summed E-state index contributed by atoms with van der Waals surface area (Å²) in [7, 11) is -3.68. The lowest BCUT2D eigenvalue weighted by Gasteiger charge is -2.30. The molecule has 162 valence electrons. The Kier molecular flexibility index (Phi) is 7.09. The molecule has 0 aliphatic heterocycles. The summed E-state index contributed by atoms with van der Waals surface area (Å²) < 4.78 is 26.1. The van der Waals surface area contributed by atoms with Gasteiger partial charge in [0.2, 0.25) is 15.9 Å². The van der Waals surface area contributed by atoms with Gasteiger partial charge in [0.15, 0.2) is 0 Å². The minimum atomic E-state index is -3.68. The Morgan fingerprint density at radius 2 is 1.83 bits per heavy atom. The van der Waals surface area contributed by atoms with Gasteiger partial charge in [-0.1, -0.05) is 42.8 Å². The molecule has 0 heterocycles. The average molecular weight is 449 g/mol. The number of halogens is 1. The Morgan fingerprint density at radius 3 is 2.47 bits per heavy atom. The van der Waals surface area contributed by atoms with E-state index in [0.717, 1.165) is 29.0 Å². The summed E-state index contributed by atoms with van der Waals surface area (Å²) in [4.78, 5) is 13.1. The van der Waals surface area contributed by atoms with Crippen LogP contribution in [0.25, 0.3) is 0 Å². The second-order valence-electron chi connectivity index (χ2n) is 7.92. The molecule has 5 nitrogen and oxygen atoms in total. The van der Waals surface area contributed by atoms with E-state index in [4.69, 9.17) is 11.6 Å². The molecule has 0 aromatic heterocycles. The number of nitrogens with zero attached hydrogens (tertiary/aromatic N) is 1. The van der Waals surface area contributed by atoms with Gasteiger partial charge in [0, 0.05) is 5.02 Å². The van der Waals surface area contributed by atoms with Gasteiger partial charge in [-0.05, 0) is 73.9 Å². The maximum Gasteiger partial charge on any atom is 0.244 e. The first-order valence-electron chi connectivity index (χ1n) is 10.4. The number of nitrogens with one attached hydrogen (secondary N) is 1. The molecule has 0 bridgehead atoms. The van der Waals surface area contributed by atoms with Crippen LogP contribution in [0.5, 0.6) is 0 Å². The zero-order valence-corrected chi connectivity index (χ0v) is 19.3. The van der Waals surface area contributed by atoms with Crippen molar-refractivity contribution in [2.75, 3.05) is 10.6 Å². The SMILES string of the molecule is CC[C@@H](NC(=O)[C@H](C)N(c1cccc(Cl)c1)S(C)(=O)=O)c1ccc2c(c1)CCCC2. The van der Waals surface area contributed by atoms with E-state index < -0.39 is 16.1 Å². The Bertz CT molecular complexity index is 1020. The number of benzene rings is 2. The van der Waals surface area contributed by atoms with Gasteiger partial charge in [-0.15, -0.1) is 0 Å². The van der Waals surface area contributed by atoms with E-state index in [-0.39, 0.29) is 11.9 Å². The molecule has 30 heavy (non-hydrogen) atoms. The van der Waals surface area contributed by atoms with Gasteiger partial charge in [0.05, 0.1) is 18.0 Å². The summed E-state index contributed by atoms with van der Waals surface area (Å²) in [5, 5.41) is 3.46. The van der Waals surface area contributed by atoms with Gasteiger partial charge in [0.25, 0.3) is 0 Å². The molecule has 1 amide bonds. The van der Waals surface area contributed by atoms with Gasteiger partial charge < -0.3 is 5.32 Å². The molecule has 1 N–H and O–H groups in total. The molecule has 0 spiro atoms. The zero-order valence-electron chi connectivity index (χ0n) is 17.7. The average Bonchev–Trinajstić information content (AvgIpc) is 2.70. The highest BCUT2D eigenvalue weighted by molar-refractivity contribution is 7.92. The highest BCUT2D eigenvalue weighted by atomic mass is 35.5. The summed E-state index contributed by atoms with van der Waals surface area (Å²) in [6.45, 7) is 3.61. The summed E-state index contributed by atoms with van der Waals surface area (Å²) >= 11 is 6.05. The van der Waals surface area contributed by atoms with Gasteiger partial charge in [-0.25, -0.2) is 8.42 Å². The topological polar surface area (TPSA) is 66.5 Å². The fourth-order valence-electron chi connectivity index (χ4n) is 4.11. The van der Waals surface area contributed by atoms with Gasteiger partial charge >= 0.3 is 0 Å². The number of hydrogen-bond acceptors (Lipinski definition) is 3. The van der Waals surface area contributed by atoms with Crippen molar-refractivity contribution in [1.29, 1.82) is 0 Å². The highest BCUT2D eigenvalue weighted by Crippen LogP contribution is 2.27. The summed E-state index contributed by atoms with van der Waals surface area (Å²) in [6, 6.07) is 11.9. The molecule has 1 aliphatic rings. The van der Waals surface area contributed by atoms with Crippen LogP contribution < -0.4 is 9.62 Å². The Hall–Kier alpha value is -2.05. The van der Waals surface area contributed by atoms with Crippen molar-refractivity contribution in [2.45, 2.75) is 58.0 Å². The van der Waals surface area contributed by atoms with Crippen LogP contribution in [0.2, 0.25) is 5.02 Å². The van der Waals surface area contributed by atoms with Crippen molar-refractivity contribution in [3.8, 4) is 0 Å². The molecule has 2 aromatic carbocycles. The lowest BCUT2D eigenvalue weighted by molar-refractivity contribution is -0.122. The normalized spacial score (nSPS) is 15.7. The van der Waals surface area contributed by atoms with E-state index in [1.165, 1.54) is 24.0 Å². The molecule has 7 heteroatoms. The fourth-order valence-corrected chi connectivity index (χ4v) is 5.46. The van der Waals surface area contributed by atoms with Crippen LogP contribution >= 0.6 is 11.6 Å². The fraction of sp³-hybridized carbons (Fsp3) is 0.435. The third-order valence-corrected chi connectivity index (χ3v) is 7.13. The molecule has 0 saturated heterocycles. The first-order chi connectivity index (χ1) is 14.2. The van der Waals surface area contributed by atoms with E-state index >= 15 is 0 Å². The van der Waals surface area contributed by atoms with Crippen LogP contribution in [0.1, 0.15) is 55.8 Å². The second kappa shape index (κ2) is 9.40. The highest BCUT2D eigenvalue weighted by Gasteiger charge is 2.30. The van der Waals surface area contributed by atoms with Crippen LogP contribution in [0.4, 0.5) is 5.69 Å². The molecule has 0 fully saturated rings. The summed E-state index contributed by atoms with van der Waals surface area (Å²) in [6.07, 6.45) is 6.41. The van der Waals surface area contributed by atoms with Gasteiger partial charge in [0.1, 0.15) is 6.04 Å². The van der Waals surface area contributed by atoms with Crippen molar-refractivity contribution < 1.29 is 13.2 Å². The first-order valence-corrected chi connectivity index (χ1v) is 12.6. The number of sulfonamides is 1. The Labute approximate surface area is 184 Å². The minimum absolute atomic E-state index is 0.173. The zero-order chi connectivity index (χ0) is 21.9. The van der Waals surface area contributed by atoms with Crippen LogP contribution in [0.3, 0.4) is 0 Å². The number of amides is 1. The molecule has 1 aliphatic carbocycles. The number of rotatable bonds is 7. The summed E-state index contributed by atoms with van der Waals surface area (Å²) in [5.74, 6) is -0.343.